The van der Waals surface area contributed by atoms with Crippen LogP contribution < -0.4 is 0 Å². The van der Waals surface area contributed by atoms with E-state index >= 15 is 0 Å². The summed E-state index contributed by atoms with van der Waals surface area (Å²) in [5.74, 6) is -0.893. The summed E-state index contributed by atoms with van der Waals surface area (Å²) in [7, 11) is 0. The second-order valence-corrected chi connectivity index (χ2v) is 5.44. The van der Waals surface area contributed by atoms with Gasteiger partial charge in [-0.2, -0.15) is 0 Å². The minimum atomic E-state index is -0.893. The fourth-order valence-electron chi connectivity index (χ4n) is 2.76. The highest BCUT2D eigenvalue weighted by Gasteiger charge is 2.14. The zero-order chi connectivity index (χ0) is 15.0. The molecule has 0 atom stereocenters. The third kappa shape index (κ3) is 2.31. The van der Waals surface area contributed by atoms with Crippen molar-refractivity contribution in [3.63, 3.8) is 0 Å². The van der Waals surface area contributed by atoms with E-state index in [9.17, 15) is 4.79 Å². The molecule has 0 aliphatic heterocycles. The molecule has 0 aliphatic carbocycles. The van der Waals surface area contributed by atoms with E-state index in [1.54, 1.807) is 12.1 Å². The van der Waals surface area contributed by atoms with E-state index in [1.807, 2.05) is 24.3 Å². The largest absolute Gasteiger partial charge is 0.478 e. The van der Waals surface area contributed by atoms with Crippen LogP contribution in [0.4, 0.5) is 0 Å². The number of fused-ring (bicyclic) bond motifs is 1. The van der Waals surface area contributed by atoms with Crippen LogP contribution in [0.2, 0.25) is 0 Å². The van der Waals surface area contributed by atoms with Crippen LogP contribution in [0.15, 0.2) is 54.6 Å². The normalized spacial score (nSPS) is 11.2. The molecular formula is C18H17NO2. The smallest absolute Gasteiger partial charge is 0.335 e. The van der Waals surface area contributed by atoms with E-state index in [0.29, 0.717) is 11.6 Å². The minimum absolute atomic E-state index is 0.299. The first-order chi connectivity index (χ1) is 10.1. The van der Waals surface area contributed by atoms with Gasteiger partial charge in [0, 0.05) is 22.6 Å². The van der Waals surface area contributed by atoms with Crippen molar-refractivity contribution in [1.82, 2.24) is 4.57 Å². The van der Waals surface area contributed by atoms with E-state index < -0.39 is 5.97 Å². The number of carbonyl (C=O) groups is 1. The van der Waals surface area contributed by atoms with Gasteiger partial charge in [-0.25, -0.2) is 4.79 Å². The molecule has 0 unspecified atom stereocenters. The van der Waals surface area contributed by atoms with Crippen molar-refractivity contribution >= 4 is 16.9 Å². The molecule has 1 aromatic heterocycles. The van der Waals surface area contributed by atoms with Crippen molar-refractivity contribution in [3.05, 3.63) is 60.2 Å². The third-order valence-electron chi connectivity index (χ3n) is 3.67. The summed E-state index contributed by atoms with van der Waals surface area (Å²) in [6.45, 7) is 4.27. The summed E-state index contributed by atoms with van der Waals surface area (Å²) in [6, 6.07) is 17.8. The van der Waals surface area contributed by atoms with E-state index in [2.05, 4.69) is 36.6 Å². The molecule has 0 spiro atoms. The first kappa shape index (κ1) is 13.4. The van der Waals surface area contributed by atoms with E-state index in [0.717, 1.165) is 22.2 Å². The standard InChI is InChI=1S/C18H17NO2/c1-12(2)19-16-9-8-14(18(20)21)10-15(16)11-17(19)13-6-4-3-5-7-13/h3-12H,1-2H3,(H,20,21). The lowest BCUT2D eigenvalue weighted by molar-refractivity contribution is 0.0697. The summed E-state index contributed by atoms with van der Waals surface area (Å²) in [5.41, 5.74) is 3.64. The van der Waals surface area contributed by atoms with Gasteiger partial charge in [0.2, 0.25) is 0 Å². The molecule has 0 saturated heterocycles. The highest BCUT2D eigenvalue weighted by Crippen LogP contribution is 2.31. The summed E-state index contributed by atoms with van der Waals surface area (Å²) >= 11 is 0. The Morgan fingerprint density at radius 1 is 1.05 bits per heavy atom. The number of carboxylic acid groups (broad SMARTS) is 1. The summed E-state index contributed by atoms with van der Waals surface area (Å²) in [6.07, 6.45) is 0. The number of rotatable bonds is 3. The van der Waals surface area contributed by atoms with Gasteiger partial charge in [0.1, 0.15) is 0 Å². The third-order valence-corrected chi connectivity index (χ3v) is 3.67. The maximum atomic E-state index is 11.1. The summed E-state index contributed by atoms with van der Waals surface area (Å²) < 4.78 is 2.25. The Balaban J connectivity index is 2.29. The number of benzene rings is 2. The Kier molecular flexibility index (Phi) is 3.26. The van der Waals surface area contributed by atoms with Gasteiger partial charge in [0.05, 0.1) is 5.56 Å². The first-order valence-electron chi connectivity index (χ1n) is 7.01. The van der Waals surface area contributed by atoms with Gasteiger partial charge >= 0.3 is 5.97 Å². The van der Waals surface area contributed by atoms with E-state index in [1.165, 1.54) is 0 Å². The quantitative estimate of drug-likeness (QED) is 0.762. The maximum absolute atomic E-state index is 11.1. The van der Waals surface area contributed by atoms with E-state index in [4.69, 9.17) is 5.11 Å². The second kappa shape index (κ2) is 5.09. The molecule has 21 heavy (non-hydrogen) atoms. The zero-order valence-corrected chi connectivity index (χ0v) is 12.1. The summed E-state index contributed by atoms with van der Waals surface area (Å²) in [4.78, 5) is 11.1. The molecule has 1 N–H and O–H groups in total. The SMILES string of the molecule is CC(C)n1c(-c2ccccc2)cc2cc(C(=O)O)ccc21. The predicted molar refractivity (Wildman–Crippen MR) is 84.7 cm³/mol. The molecule has 0 fully saturated rings. The van der Waals surface area contributed by atoms with Crippen LogP contribution in [0.3, 0.4) is 0 Å². The second-order valence-electron chi connectivity index (χ2n) is 5.44. The molecule has 3 nitrogen and oxygen atoms in total. The van der Waals surface area contributed by atoms with E-state index in [-0.39, 0.29) is 0 Å². The first-order valence-corrected chi connectivity index (χ1v) is 7.01. The molecule has 3 rings (SSSR count). The molecule has 0 aliphatic rings. The van der Waals surface area contributed by atoms with Crippen LogP contribution in [-0.2, 0) is 0 Å². The van der Waals surface area contributed by atoms with Crippen LogP contribution in [0, 0.1) is 0 Å². The van der Waals surface area contributed by atoms with Crippen LogP contribution in [-0.4, -0.2) is 15.6 Å². The predicted octanol–water partition coefficient (Wildman–Crippen LogP) is 4.59. The average molecular weight is 279 g/mol. The fourth-order valence-corrected chi connectivity index (χ4v) is 2.76. The van der Waals surface area contributed by atoms with Gasteiger partial charge in [0.15, 0.2) is 0 Å². The molecule has 0 radical (unpaired) electrons. The number of nitrogens with zero attached hydrogens (tertiary/aromatic N) is 1. The Morgan fingerprint density at radius 2 is 1.76 bits per heavy atom. The Morgan fingerprint density at radius 3 is 2.38 bits per heavy atom. The van der Waals surface area contributed by atoms with Crippen molar-refractivity contribution in [2.45, 2.75) is 19.9 Å². The van der Waals surface area contributed by atoms with Crippen LogP contribution in [0.25, 0.3) is 22.2 Å². The lowest BCUT2D eigenvalue weighted by atomic mass is 10.1. The van der Waals surface area contributed by atoms with Crippen molar-refractivity contribution in [2.75, 3.05) is 0 Å². The fraction of sp³-hybridized carbons (Fsp3) is 0.167. The molecular weight excluding hydrogens is 262 g/mol. The number of aromatic carboxylic acids is 1. The number of hydrogen-bond donors (Lipinski definition) is 1. The lowest BCUT2D eigenvalue weighted by Crippen LogP contribution is -2.02. The molecule has 0 saturated carbocycles. The monoisotopic (exact) mass is 279 g/mol. The van der Waals surface area contributed by atoms with Crippen molar-refractivity contribution in [2.24, 2.45) is 0 Å². The molecule has 0 bridgehead atoms. The average Bonchev–Trinajstić information content (AvgIpc) is 2.86. The highest BCUT2D eigenvalue weighted by molar-refractivity contribution is 5.95. The minimum Gasteiger partial charge on any atom is -0.478 e. The Labute approximate surface area is 123 Å². The van der Waals surface area contributed by atoms with Gasteiger partial charge in [-0.15, -0.1) is 0 Å². The molecule has 0 amide bonds. The van der Waals surface area contributed by atoms with Crippen molar-refractivity contribution in [1.29, 1.82) is 0 Å². The Bertz CT molecular complexity index is 801. The van der Waals surface area contributed by atoms with Gasteiger partial charge in [0.25, 0.3) is 0 Å². The Hall–Kier alpha value is -2.55. The molecule has 3 heteroatoms. The van der Waals surface area contributed by atoms with Crippen molar-refractivity contribution < 1.29 is 9.90 Å². The van der Waals surface area contributed by atoms with Crippen LogP contribution in [0.5, 0.6) is 0 Å². The maximum Gasteiger partial charge on any atom is 0.335 e. The molecule has 106 valence electrons. The zero-order valence-electron chi connectivity index (χ0n) is 12.1. The van der Waals surface area contributed by atoms with Gasteiger partial charge in [-0.3, -0.25) is 0 Å². The molecule has 1 heterocycles. The lowest BCUT2D eigenvalue weighted by Gasteiger charge is -2.15. The molecule has 3 aromatic rings. The van der Waals surface area contributed by atoms with Crippen LogP contribution >= 0.6 is 0 Å². The number of carboxylic acids is 1. The van der Waals surface area contributed by atoms with Gasteiger partial charge < -0.3 is 9.67 Å². The van der Waals surface area contributed by atoms with Gasteiger partial charge in [-0.05, 0) is 43.7 Å². The number of hydrogen-bond acceptors (Lipinski definition) is 1. The molecule has 2 aromatic carbocycles. The van der Waals surface area contributed by atoms with Gasteiger partial charge in [-0.1, -0.05) is 30.3 Å². The van der Waals surface area contributed by atoms with Crippen LogP contribution in [0.1, 0.15) is 30.2 Å². The topological polar surface area (TPSA) is 42.2 Å². The van der Waals surface area contributed by atoms with Crippen molar-refractivity contribution in [3.8, 4) is 11.3 Å². The highest BCUT2D eigenvalue weighted by atomic mass is 16.4. The summed E-state index contributed by atoms with van der Waals surface area (Å²) in [5, 5.41) is 10.1. The number of aromatic nitrogens is 1.